The molecule has 0 fully saturated rings. The van der Waals surface area contributed by atoms with Crippen LogP contribution < -0.4 is 4.74 Å². The SMILES string of the molecule is CCCn1nccc1C(O)c1c(Cl)cccc1OC. The lowest BCUT2D eigenvalue weighted by Gasteiger charge is -2.17. The lowest BCUT2D eigenvalue weighted by molar-refractivity contribution is 0.202. The van der Waals surface area contributed by atoms with Gasteiger partial charge in [0.05, 0.1) is 17.8 Å². The van der Waals surface area contributed by atoms with Gasteiger partial charge in [0.1, 0.15) is 11.9 Å². The molecule has 102 valence electrons. The van der Waals surface area contributed by atoms with Crippen LogP contribution >= 0.6 is 11.6 Å². The maximum Gasteiger partial charge on any atom is 0.126 e. The van der Waals surface area contributed by atoms with Gasteiger partial charge in [0, 0.05) is 18.3 Å². The Bertz CT molecular complexity index is 554. The lowest BCUT2D eigenvalue weighted by atomic mass is 10.1. The molecule has 4 nitrogen and oxygen atoms in total. The number of aliphatic hydroxyl groups is 1. The smallest absolute Gasteiger partial charge is 0.126 e. The molecule has 1 heterocycles. The Morgan fingerprint density at radius 1 is 1.42 bits per heavy atom. The maximum absolute atomic E-state index is 10.6. The number of benzene rings is 1. The second-order valence-electron chi connectivity index (χ2n) is 4.24. The Morgan fingerprint density at radius 3 is 2.89 bits per heavy atom. The van der Waals surface area contributed by atoms with Crippen LogP contribution in [0.4, 0.5) is 0 Å². The lowest BCUT2D eigenvalue weighted by Crippen LogP contribution is -2.11. The fourth-order valence-corrected chi connectivity index (χ4v) is 2.35. The zero-order valence-corrected chi connectivity index (χ0v) is 11.8. The first-order chi connectivity index (χ1) is 9.19. The summed E-state index contributed by atoms with van der Waals surface area (Å²) < 4.78 is 7.06. The highest BCUT2D eigenvalue weighted by Gasteiger charge is 2.21. The molecule has 0 spiro atoms. The van der Waals surface area contributed by atoms with Crippen molar-refractivity contribution in [1.82, 2.24) is 9.78 Å². The van der Waals surface area contributed by atoms with Crippen LogP contribution in [-0.4, -0.2) is 22.0 Å². The largest absolute Gasteiger partial charge is 0.496 e. The van der Waals surface area contributed by atoms with Gasteiger partial charge in [-0.15, -0.1) is 0 Å². The van der Waals surface area contributed by atoms with E-state index in [1.165, 1.54) is 0 Å². The van der Waals surface area contributed by atoms with Gasteiger partial charge in [0.2, 0.25) is 0 Å². The van der Waals surface area contributed by atoms with Gasteiger partial charge in [-0.1, -0.05) is 24.6 Å². The number of nitrogens with zero attached hydrogens (tertiary/aromatic N) is 2. The summed E-state index contributed by atoms with van der Waals surface area (Å²) in [6.45, 7) is 2.82. The molecule has 1 aromatic heterocycles. The summed E-state index contributed by atoms with van der Waals surface area (Å²) in [7, 11) is 1.56. The molecule has 1 atom stereocenters. The van der Waals surface area contributed by atoms with E-state index in [0.29, 0.717) is 22.0 Å². The molecule has 1 unspecified atom stereocenters. The number of aromatic nitrogens is 2. The summed E-state index contributed by atoms with van der Waals surface area (Å²) in [4.78, 5) is 0. The maximum atomic E-state index is 10.6. The van der Waals surface area contributed by atoms with Crippen LogP contribution in [0.25, 0.3) is 0 Å². The number of aliphatic hydroxyl groups excluding tert-OH is 1. The molecule has 2 aromatic rings. The van der Waals surface area contributed by atoms with Gasteiger partial charge in [-0.2, -0.15) is 5.10 Å². The van der Waals surface area contributed by atoms with Crippen molar-refractivity contribution in [1.29, 1.82) is 0 Å². The first kappa shape index (κ1) is 13.9. The van der Waals surface area contributed by atoms with Gasteiger partial charge in [0.15, 0.2) is 0 Å². The summed E-state index contributed by atoms with van der Waals surface area (Å²) >= 11 is 6.18. The summed E-state index contributed by atoms with van der Waals surface area (Å²) in [6, 6.07) is 7.11. The molecule has 1 N–H and O–H groups in total. The molecular formula is C14H17ClN2O2. The standard InChI is InChI=1S/C14H17ClN2O2/c1-3-9-17-11(7-8-16-17)14(18)13-10(15)5-4-6-12(13)19-2/h4-8,14,18H,3,9H2,1-2H3. The molecule has 19 heavy (non-hydrogen) atoms. The van der Waals surface area contributed by atoms with Crippen LogP contribution in [0.5, 0.6) is 5.75 Å². The van der Waals surface area contributed by atoms with E-state index in [2.05, 4.69) is 12.0 Å². The molecule has 0 aliphatic heterocycles. The minimum Gasteiger partial charge on any atom is -0.496 e. The highest BCUT2D eigenvalue weighted by atomic mass is 35.5. The Morgan fingerprint density at radius 2 is 2.21 bits per heavy atom. The van der Waals surface area contributed by atoms with Crippen molar-refractivity contribution in [2.24, 2.45) is 0 Å². The number of methoxy groups -OCH3 is 1. The number of halogens is 1. The highest BCUT2D eigenvalue weighted by Crippen LogP contribution is 2.35. The van der Waals surface area contributed by atoms with Gasteiger partial charge in [-0.3, -0.25) is 4.68 Å². The number of hydrogen-bond donors (Lipinski definition) is 1. The third-order valence-electron chi connectivity index (χ3n) is 2.97. The van der Waals surface area contributed by atoms with Crippen LogP contribution in [0.15, 0.2) is 30.5 Å². The molecular weight excluding hydrogens is 264 g/mol. The zero-order chi connectivity index (χ0) is 13.8. The molecule has 1 aromatic carbocycles. The minimum absolute atomic E-state index is 0.482. The molecule has 0 saturated heterocycles. The van der Waals surface area contributed by atoms with Crippen LogP contribution in [0.1, 0.15) is 30.7 Å². The second-order valence-corrected chi connectivity index (χ2v) is 4.64. The van der Waals surface area contributed by atoms with Crippen molar-refractivity contribution in [2.45, 2.75) is 26.0 Å². The van der Waals surface area contributed by atoms with E-state index >= 15 is 0 Å². The second kappa shape index (κ2) is 6.08. The molecule has 0 bridgehead atoms. The van der Waals surface area contributed by atoms with Gasteiger partial charge >= 0.3 is 0 Å². The van der Waals surface area contributed by atoms with Crippen molar-refractivity contribution in [2.75, 3.05) is 7.11 Å². The van der Waals surface area contributed by atoms with Gasteiger partial charge in [-0.05, 0) is 24.6 Å². The predicted octanol–water partition coefficient (Wildman–Crippen LogP) is 3.04. The van der Waals surface area contributed by atoms with E-state index in [-0.39, 0.29) is 0 Å². The average molecular weight is 281 g/mol. The van der Waals surface area contributed by atoms with Crippen molar-refractivity contribution in [3.8, 4) is 5.75 Å². The van der Waals surface area contributed by atoms with Gasteiger partial charge < -0.3 is 9.84 Å². The monoisotopic (exact) mass is 280 g/mol. The van der Waals surface area contributed by atoms with E-state index in [0.717, 1.165) is 13.0 Å². The van der Waals surface area contributed by atoms with Crippen molar-refractivity contribution >= 4 is 11.6 Å². The quantitative estimate of drug-likeness (QED) is 0.916. The Kier molecular flexibility index (Phi) is 4.45. The van der Waals surface area contributed by atoms with Crippen LogP contribution in [0, 0.1) is 0 Å². The van der Waals surface area contributed by atoms with E-state index in [1.54, 1.807) is 42.3 Å². The molecule has 0 aliphatic carbocycles. The van der Waals surface area contributed by atoms with E-state index in [1.807, 2.05) is 0 Å². The summed E-state index contributed by atoms with van der Waals surface area (Å²) in [5.41, 5.74) is 1.29. The Hall–Kier alpha value is -1.52. The third kappa shape index (κ3) is 2.74. The first-order valence-electron chi connectivity index (χ1n) is 6.21. The molecule has 2 rings (SSSR count). The van der Waals surface area contributed by atoms with E-state index in [9.17, 15) is 5.11 Å². The van der Waals surface area contributed by atoms with Gasteiger partial charge in [0.25, 0.3) is 0 Å². The molecule has 0 amide bonds. The number of ether oxygens (including phenoxy) is 1. The van der Waals surface area contributed by atoms with E-state index < -0.39 is 6.10 Å². The average Bonchev–Trinajstić information content (AvgIpc) is 2.86. The van der Waals surface area contributed by atoms with Crippen molar-refractivity contribution in [3.05, 3.63) is 46.7 Å². The Labute approximate surface area is 117 Å². The molecule has 0 radical (unpaired) electrons. The highest BCUT2D eigenvalue weighted by molar-refractivity contribution is 6.31. The first-order valence-corrected chi connectivity index (χ1v) is 6.59. The normalized spacial score (nSPS) is 12.4. The molecule has 0 saturated carbocycles. The third-order valence-corrected chi connectivity index (χ3v) is 3.30. The summed E-state index contributed by atoms with van der Waals surface area (Å²) in [6.07, 6.45) is 1.77. The van der Waals surface area contributed by atoms with Crippen LogP contribution in [0.3, 0.4) is 0 Å². The zero-order valence-electron chi connectivity index (χ0n) is 11.0. The molecule has 5 heteroatoms. The fourth-order valence-electron chi connectivity index (χ4n) is 2.08. The van der Waals surface area contributed by atoms with Crippen LogP contribution in [-0.2, 0) is 6.54 Å². The number of hydrogen-bond acceptors (Lipinski definition) is 3. The topological polar surface area (TPSA) is 47.3 Å². The van der Waals surface area contributed by atoms with Crippen molar-refractivity contribution in [3.63, 3.8) is 0 Å². The van der Waals surface area contributed by atoms with Crippen molar-refractivity contribution < 1.29 is 9.84 Å². The Balaban J connectivity index is 2.43. The number of rotatable bonds is 5. The van der Waals surface area contributed by atoms with E-state index in [4.69, 9.17) is 16.3 Å². The fraction of sp³-hybridized carbons (Fsp3) is 0.357. The minimum atomic E-state index is -0.849. The molecule has 0 aliphatic rings. The predicted molar refractivity (Wildman–Crippen MR) is 74.6 cm³/mol. The summed E-state index contributed by atoms with van der Waals surface area (Å²) in [5, 5.41) is 15.2. The number of aryl methyl sites for hydroxylation is 1. The van der Waals surface area contributed by atoms with Crippen LogP contribution in [0.2, 0.25) is 5.02 Å². The summed E-state index contributed by atoms with van der Waals surface area (Å²) in [5.74, 6) is 0.573. The van der Waals surface area contributed by atoms with Gasteiger partial charge in [-0.25, -0.2) is 0 Å².